The van der Waals surface area contributed by atoms with Crippen LogP contribution in [0.4, 0.5) is 11.4 Å². The maximum Gasteiger partial charge on any atom is 0.342 e. The zero-order valence-electron chi connectivity index (χ0n) is 18.1. The normalized spacial score (nSPS) is 14.9. The van der Waals surface area contributed by atoms with Gasteiger partial charge in [0.1, 0.15) is 10.6 Å². The van der Waals surface area contributed by atoms with Gasteiger partial charge in [-0.3, -0.25) is 15.2 Å². The highest BCUT2D eigenvalue weighted by Gasteiger charge is 2.23. The number of likely N-dealkylation sites (N-methyl/N-ethyl adjacent to an activating group) is 1. The average Bonchev–Trinajstić information content (AvgIpc) is 3.28. The van der Waals surface area contributed by atoms with Gasteiger partial charge in [0.15, 0.2) is 5.82 Å². The number of H-pyrrole nitrogens is 1. The van der Waals surface area contributed by atoms with Crippen LogP contribution in [0.3, 0.4) is 0 Å². The Kier molecular flexibility index (Phi) is 7.15. The molecule has 1 fully saturated rings. The van der Waals surface area contributed by atoms with E-state index in [-0.39, 0.29) is 15.7 Å². The Morgan fingerprint density at radius 2 is 1.91 bits per heavy atom. The number of carbonyl (C=O) groups is 1. The van der Waals surface area contributed by atoms with Gasteiger partial charge in [-0.1, -0.05) is 17.7 Å². The maximum atomic E-state index is 11.9. The molecule has 2 aromatic carbocycles. The second-order valence-electron chi connectivity index (χ2n) is 7.68. The van der Waals surface area contributed by atoms with Crippen molar-refractivity contribution in [2.45, 2.75) is 5.16 Å². The highest BCUT2D eigenvalue weighted by Crippen LogP contribution is 2.33. The fourth-order valence-corrected chi connectivity index (χ4v) is 4.34. The number of rotatable bonds is 7. The molecule has 2 N–H and O–H groups in total. The van der Waals surface area contributed by atoms with Gasteiger partial charge in [-0.2, -0.15) is 0 Å². The fourth-order valence-electron chi connectivity index (χ4n) is 3.50. The lowest BCUT2D eigenvalue weighted by molar-refractivity contribution is -0.384. The largest absolute Gasteiger partial charge is 0.477 e. The standard InChI is InChI=1S/C22H21ClN6O4S/c1-27-8-10-28(11-9-27)17-7-2-14(12-18(17)29(32)33)13-19(21(30)31)34-22-24-20(25-26-22)15-3-5-16(23)6-4-15/h2-7,12-13H,8-11H2,1H3,(H,30,31)(H,24,25,26)/b19-13+. The molecule has 0 amide bonds. The van der Waals surface area contributed by atoms with Gasteiger partial charge in [-0.05, 0) is 60.8 Å². The van der Waals surface area contributed by atoms with Crippen molar-refractivity contribution in [1.29, 1.82) is 0 Å². The van der Waals surface area contributed by atoms with E-state index in [2.05, 4.69) is 20.1 Å². The maximum absolute atomic E-state index is 11.9. The quantitative estimate of drug-likeness (QED) is 0.214. The number of aliphatic carboxylic acids is 1. The number of aromatic amines is 1. The van der Waals surface area contributed by atoms with E-state index < -0.39 is 10.9 Å². The number of nitro benzene ring substituents is 1. The topological polar surface area (TPSA) is 128 Å². The molecular formula is C22H21ClN6O4S. The molecule has 0 saturated carbocycles. The minimum Gasteiger partial charge on any atom is -0.477 e. The number of benzene rings is 2. The number of nitro groups is 1. The minimum absolute atomic E-state index is 0.0593. The van der Waals surface area contributed by atoms with E-state index >= 15 is 0 Å². The lowest BCUT2D eigenvalue weighted by Crippen LogP contribution is -2.44. The smallest absolute Gasteiger partial charge is 0.342 e. The van der Waals surface area contributed by atoms with Gasteiger partial charge in [0, 0.05) is 42.8 Å². The first kappa shape index (κ1) is 23.7. The molecule has 10 nitrogen and oxygen atoms in total. The van der Waals surface area contributed by atoms with Gasteiger partial charge in [0.05, 0.1) is 4.92 Å². The van der Waals surface area contributed by atoms with Crippen molar-refractivity contribution in [2.75, 3.05) is 38.1 Å². The van der Waals surface area contributed by atoms with Crippen molar-refractivity contribution >= 4 is 46.8 Å². The predicted octanol–water partition coefficient (Wildman–Crippen LogP) is 4.00. The molecule has 1 aliphatic heterocycles. The van der Waals surface area contributed by atoms with Crippen LogP contribution in [0.15, 0.2) is 52.5 Å². The summed E-state index contributed by atoms with van der Waals surface area (Å²) in [4.78, 5) is 31.6. The minimum atomic E-state index is -1.19. The number of nitrogens with zero attached hydrogens (tertiary/aromatic N) is 5. The first-order valence-corrected chi connectivity index (χ1v) is 11.5. The summed E-state index contributed by atoms with van der Waals surface area (Å²) in [7, 11) is 2.01. The highest BCUT2D eigenvalue weighted by molar-refractivity contribution is 8.04. The van der Waals surface area contributed by atoms with Crippen molar-refractivity contribution in [2.24, 2.45) is 0 Å². The molecule has 0 spiro atoms. The Morgan fingerprint density at radius 3 is 2.56 bits per heavy atom. The van der Waals surface area contributed by atoms with E-state index in [1.54, 1.807) is 36.4 Å². The van der Waals surface area contributed by atoms with Gasteiger partial charge < -0.3 is 14.9 Å². The molecule has 176 valence electrons. The number of aromatic nitrogens is 3. The van der Waals surface area contributed by atoms with Crippen LogP contribution in [0.25, 0.3) is 17.5 Å². The van der Waals surface area contributed by atoms with E-state index in [9.17, 15) is 20.0 Å². The summed E-state index contributed by atoms with van der Waals surface area (Å²) in [6, 6.07) is 11.7. The molecule has 0 atom stereocenters. The monoisotopic (exact) mass is 500 g/mol. The lowest BCUT2D eigenvalue weighted by atomic mass is 10.1. The SMILES string of the molecule is CN1CCN(c2ccc(/C=C(/Sc3n[nH]c(-c4ccc(Cl)cc4)n3)C(=O)O)cc2[N+](=O)[O-])CC1. The Bertz CT molecular complexity index is 1240. The molecule has 1 saturated heterocycles. The molecule has 3 aromatic rings. The number of thioether (sulfide) groups is 1. The van der Waals surface area contributed by atoms with Crippen LogP contribution < -0.4 is 4.90 Å². The van der Waals surface area contributed by atoms with Crippen LogP contribution in [0.1, 0.15) is 5.56 Å². The molecule has 2 heterocycles. The lowest BCUT2D eigenvalue weighted by Gasteiger charge is -2.33. The summed E-state index contributed by atoms with van der Waals surface area (Å²) in [6.07, 6.45) is 1.38. The summed E-state index contributed by atoms with van der Waals surface area (Å²) in [5.74, 6) is -0.718. The molecule has 0 aliphatic carbocycles. The summed E-state index contributed by atoms with van der Waals surface area (Å²) < 4.78 is 0. The number of carboxylic acids is 1. The first-order valence-electron chi connectivity index (χ1n) is 10.3. The molecule has 0 bridgehead atoms. The average molecular weight is 501 g/mol. The molecule has 4 rings (SSSR count). The van der Waals surface area contributed by atoms with Crippen molar-refractivity contribution in [3.63, 3.8) is 0 Å². The van der Waals surface area contributed by atoms with Gasteiger partial charge in [-0.15, -0.1) is 5.10 Å². The van der Waals surface area contributed by atoms with E-state index in [1.165, 1.54) is 12.1 Å². The van der Waals surface area contributed by atoms with Crippen LogP contribution >= 0.6 is 23.4 Å². The zero-order valence-corrected chi connectivity index (χ0v) is 19.7. The van der Waals surface area contributed by atoms with Gasteiger partial charge >= 0.3 is 5.97 Å². The van der Waals surface area contributed by atoms with Crippen LogP contribution in [0.5, 0.6) is 0 Å². The Hall–Kier alpha value is -3.41. The van der Waals surface area contributed by atoms with Gasteiger partial charge in [0.2, 0.25) is 5.16 Å². The molecule has 1 aliphatic rings. The van der Waals surface area contributed by atoms with Crippen LogP contribution in [-0.4, -0.2) is 69.3 Å². The number of anilines is 1. The number of piperazine rings is 1. The molecular weight excluding hydrogens is 480 g/mol. The number of hydrogen-bond acceptors (Lipinski definition) is 8. The number of carboxylic acid groups (broad SMARTS) is 1. The van der Waals surface area contributed by atoms with Gasteiger partial charge in [-0.25, -0.2) is 9.78 Å². The van der Waals surface area contributed by atoms with Crippen LogP contribution in [0.2, 0.25) is 5.02 Å². The summed E-state index contributed by atoms with van der Waals surface area (Å²) in [5.41, 5.74) is 1.62. The molecule has 1 aromatic heterocycles. The Labute approximate surface area is 204 Å². The summed E-state index contributed by atoms with van der Waals surface area (Å²) in [6.45, 7) is 2.99. The second-order valence-corrected chi connectivity index (χ2v) is 9.13. The molecule has 34 heavy (non-hydrogen) atoms. The number of nitrogens with one attached hydrogen (secondary N) is 1. The third-order valence-corrected chi connectivity index (χ3v) is 6.46. The van der Waals surface area contributed by atoms with Crippen molar-refractivity contribution in [1.82, 2.24) is 20.1 Å². The second kappa shape index (κ2) is 10.2. The van der Waals surface area contributed by atoms with Crippen molar-refractivity contribution in [3.05, 3.63) is 68.1 Å². The third-order valence-electron chi connectivity index (χ3n) is 5.33. The third kappa shape index (κ3) is 5.56. The Balaban J connectivity index is 1.58. The van der Waals surface area contributed by atoms with E-state index in [0.717, 1.165) is 30.4 Å². The van der Waals surface area contributed by atoms with E-state index in [0.29, 0.717) is 35.2 Å². The van der Waals surface area contributed by atoms with Crippen molar-refractivity contribution < 1.29 is 14.8 Å². The molecule has 0 unspecified atom stereocenters. The highest BCUT2D eigenvalue weighted by atomic mass is 35.5. The van der Waals surface area contributed by atoms with Crippen LogP contribution in [-0.2, 0) is 4.79 Å². The number of halogens is 1. The molecule has 0 radical (unpaired) electrons. The Morgan fingerprint density at radius 1 is 1.21 bits per heavy atom. The van der Waals surface area contributed by atoms with E-state index in [1.807, 2.05) is 11.9 Å². The molecule has 12 heteroatoms. The zero-order chi connectivity index (χ0) is 24.2. The predicted molar refractivity (Wildman–Crippen MR) is 131 cm³/mol. The summed E-state index contributed by atoms with van der Waals surface area (Å²) >= 11 is 6.76. The van der Waals surface area contributed by atoms with E-state index in [4.69, 9.17) is 11.6 Å². The van der Waals surface area contributed by atoms with Crippen LogP contribution in [0, 0.1) is 10.1 Å². The summed E-state index contributed by atoms with van der Waals surface area (Å²) in [5, 5.41) is 29.1. The van der Waals surface area contributed by atoms with Crippen molar-refractivity contribution in [3.8, 4) is 11.4 Å². The number of hydrogen-bond donors (Lipinski definition) is 2. The fraction of sp³-hybridized carbons (Fsp3) is 0.227. The van der Waals surface area contributed by atoms with Gasteiger partial charge in [0.25, 0.3) is 5.69 Å². The first-order chi connectivity index (χ1) is 16.3.